The predicted molar refractivity (Wildman–Crippen MR) is 110 cm³/mol. The molecule has 0 aromatic heterocycles. The minimum absolute atomic E-state index is 0.298. The van der Waals surface area contributed by atoms with Crippen LogP contribution in [0.15, 0.2) is 78.9 Å². The van der Waals surface area contributed by atoms with Gasteiger partial charge in [0.2, 0.25) is 0 Å². The van der Waals surface area contributed by atoms with Gasteiger partial charge in [-0.2, -0.15) is 0 Å². The maximum atomic E-state index is 12.2. The van der Waals surface area contributed by atoms with E-state index in [1.54, 1.807) is 0 Å². The average molecular weight is 418 g/mol. The van der Waals surface area contributed by atoms with Crippen LogP contribution < -0.4 is 20.1 Å². The number of nitrogens with one attached hydrogen (secondary N) is 2. The van der Waals surface area contributed by atoms with Gasteiger partial charge in [-0.1, -0.05) is 30.3 Å². The summed E-state index contributed by atoms with van der Waals surface area (Å²) in [6.45, 7) is 0.474. The van der Waals surface area contributed by atoms with Crippen LogP contribution in [-0.2, 0) is 6.61 Å². The van der Waals surface area contributed by atoms with Gasteiger partial charge >= 0.3 is 6.36 Å². The van der Waals surface area contributed by atoms with E-state index < -0.39 is 6.36 Å². The van der Waals surface area contributed by atoms with Crippen molar-refractivity contribution in [3.63, 3.8) is 0 Å². The van der Waals surface area contributed by atoms with Crippen LogP contribution in [0.3, 0.4) is 0 Å². The van der Waals surface area contributed by atoms with E-state index in [-0.39, 0.29) is 5.75 Å². The summed E-state index contributed by atoms with van der Waals surface area (Å²) in [4.78, 5) is 0. The summed E-state index contributed by atoms with van der Waals surface area (Å²) >= 11 is 5.22. The summed E-state index contributed by atoms with van der Waals surface area (Å²) in [6.07, 6.45) is -4.72. The summed E-state index contributed by atoms with van der Waals surface area (Å²) in [5.41, 5.74) is 2.35. The molecule has 0 saturated carbocycles. The minimum atomic E-state index is -4.72. The van der Waals surface area contributed by atoms with Gasteiger partial charge in [0, 0.05) is 11.4 Å². The first-order chi connectivity index (χ1) is 13.9. The molecule has 0 radical (unpaired) electrons. The van der Waals surface area contributed by atoms with E-state index in [0.29, 0.717) is 17.4 Å². The Morgan fingerprint density at radius 1 is 0.759 bits per heavy atom. The van der Waals surface area contributed by atoms with Crippen molar-refractivity contribution in [3.05, 3.63) is 84.4 Å². The third-order valence-electron chi connectivity index (χ3n) is 3.71. The molecule has 3 aromatic carbocycles. The zero-order valence-corrected chi connectivity index (χ0v) is 15.9. The molecule has 8 heteroatoms. The van der Waals surface area contributed by atoms with Crippen LogP contribution in [0.5, 0.6) is 11.5 Å². The number of rotatable bonds is 6. The zero-order chi connectivity index (χ0) is 20.7. The summed E-state index contributed by atoms with van der Waals surface area (Å²) in [7, 11) is 0. The number of alkyl halides is 3. The van der Waals surface area contributed by atoms with Gasteiger partial charge in [-0.05, 0) is 66.3 Å². The standard InChI is InChI=1S/C21H17F3N2O2S/c22-21(23,24)28-19-12-8-17(9-13-19)26-20(29)25-16-6-10-18(11-7-16)27-14-15-4-2-1-3-5-15/h1-13H,14H2,(H2,25,26,29). The Bertz CT molecular complexity index is 931. The van der Waals surface area contributed by atoms with Crippen LogP contribution in [0.2, 0.25) is 0 Å². The quantitative estimate of drug-likeness (QED) is 0.483. The monoisotopic (exact) mass is 418 g/mol. The predicted octanol–water partition coefficient (Wildman–Crippen LogP) is 5.97. The number of hydrogen-bond donors (Lipinski definition) is 2. The fourth-order valence-corrected chi connectivity index (χ4v) is 2.64. The average Bonchev–Trinajstić information content (AvgIpc) is 2.69. The number of benzene rings is 3. The van der Waals surface area contributed by atoms with Crippen LogP contribution in [0.25, 0.3) is 0 Å². The highest BCUT2D eigenvalue weighted by atomic mass is 32.1. The number of halogens is 3. The van der Waals surface area contributed by atoms with Gasteiger partial charge in [0.25, 0.3) is 0 Å². The normalized spacial score (nSPS) is 10.9. The molecule has 0 bridgehead atoms. The van der Waals surface area contributed by atoms with Gasteiger partial charge < -0.3 is 20.1 Å². The molecule has 0 fully saturated rings. The van der Waals surface area contributed by atoms with Crippen LogP contribution in [0.1, 0.15) is 5.56 Å². The SMILES string of the molecule is FC(F)(F)Oc1ccc(NC(=S)Nc2ccc(OCc3ccccc3)cc2)cc1. The van der Waals surface area contributed by atoms with Gasteiger partial charge in [-0.3, -0.25) is 0 Å². The highest BCUT2D eigenvalue weighted by Crippen LogP contribution is 2.24. The molecule has 0 aliphatic heterocycles. The van der Waals surface area contributed by atoms with Gasteiger partial charge in [0.1, 0.15) is 18.1 Å². The van der Waals surface area contributed by atoms with E-state index in [9.17, 15) is 13.2 Å². The van der Waals surface area contributed by atoms with E-state index in [1.807, 2.05) is 54.6 Å². The summed E-state index contributed by atoms with van der Waals surface area (Å²) in [5, 5.41) is 6.19. The molecule has 0 amide bonds. The Kier molecular flexibility index (Phi) is 6.56. The van der Waals surface area contributed by atoms with Crippen molar-refractivity contribution in [2.24, 2.45) is 0 Å². The van der Waals surface area contributed by atoms with Gasteiger partial charge in [0.15, 0.2) is 5.11 Å². The molecule has 29 heavy (non-hydrogen) atoms. The van der Waals surface area contributed by atoms with Crippen molar-refractivity contribution in [2.75, 3.05) is 10.6 Å². The first-order valence-corrected chi connectivity index (χ1v) is 8.99. The van der Waals surface area contributed by atoms with Crippen molar-refractivity contribution in [3.8, 4) is 11.5 Å². The van der Waals surface area contributed by atoms with Gasteiger partial charge in [-0.25, -0.2) is 0 Å². The Morgan fingerprint density at radius 3 is 1.79 bits per heavy atom. The second kappa shape index (κ2) is 9.29. The van der Waals surface area contributed by atoms with Gasteiger partial charge in [-0.15, -0.1) is 13.2 Å². The van der Waals surface area contributed by atoms with Crippen molar-refractivity contribution in [1.82, 2.24) is 0 Å². The molecule has 3 rings (SSSR count). The Balaban J connectivity index is 1.49. The molecular weight excluding hydrogens is 401 g/mol. The largest absolute Gasteiger partial charge is 0.573 e. The lowest BCUT2D eigenvalue weighted by Crippen LogP contribution is -2.19. The van der Waals surface area contributed by atoms with Crippen LogP contribution in [0.4, 0.5) is 24.5 Å². The van der Waals surface area contributed by atoms with E-state index in [2.05, 4.69) is 15.4 Å². The van der Waals surface area contributed by atoms with Crippen molar-refractivity contribution in [1.29, 1.82) is 0 Å². The smallest absolute Gasteiger partial charge is 0.489 e. The highest BCUT2D eigenvalue weighted by molar-refractivity contribution is 7.80. The molecule has 0 atom stereocenters. The topological polar surface area (TPSA) is 42.5 Å². The third-order valence-corrected chi connectivity index (χ3v) is 3.91. The first-order valence-electron chi connectivity index (χ1n) is 8.58. The second-order valence-corrected chi connectivity index (χ2v) is 6.36. The van der Waals surface area contributed by atoms with Crippen LogP contribution >= 0.6 is 12.2 Å². The maximum Gasteiger partial charge on any atom is 0.573 e. The Morgan fingerprint density at radius 2 is 1.28 bits per heavy atom. The van der Waals surface area contributed by atoms with Crippen LogP contribution in [-0.4, -0.2) is 11.5 Å². The minimum Gasteiger partial charge on any atom is -0.489 e. The lowest BCUT2D eigenvalue weighted by molar-refractivity contribution is -0.274. The molecule has 0 spiro atoms. The first kappa shape index (κ1) is 20.5. The van der Waals surface area contributed by atoms with E-state index in [1.165, 1.54) is 24.3 Å². The molecule has 4 nitrogen and oxygen atoms in total. The summed E-state index contributed by atoms with van der Waals surface area (Å²) < 4.78 is 46.1. The lowest BCUT2D eigenvalue weighted by atomic mass is 10.2. The van der Waals surface area contributed by atoms with Crippen molar-refractivity contribution in [2.45, 2.75) is 13.0 Å². The van der Waals surface area contributed by atoms with Crippen LogP contribution in [0, 0.1) is 0 Å². The van der Waals surface area contributed by atoms with E-state index >= 15 is 0 Å². The second-order valence-electron chi connectivity index (χ2n) is 5.95. The molecule has 3 aromatic rings. The molecule has 0 unspecified atom stereocenters. The summed E-state index contributed by atoms with van der Waals surface area (Å²) in [6, 6.07) is 22.4. The number of anilines is 2. The fourth-order valence-electron chi connectivity index (χ4n) is 2.41. The number of hydrogen-bond acceptors (Lipinski definition) is 3. The number of ether oxygens (including phenoxy) is 2. The molecule has 0 aliphatic rings. The molecular formula is C21H17F3N2O2S. The number of thiocarbonyl (C=S) groups is 1. The summed E-state index contributed by atoms with van der Waals surface area (Å²) in [5.74, 6) is 0.423. The Hall–Kier alpha value is -3.26. The molecule has 0 aliphatic carbocycles. The fraction of sp³-hybridized carbons (Fsp3) is 0.0952. The molecule has 0 heterocycles. The Labute approximate surface area is 171 Å². The molecule has 2 N–H and O–H groups in total. The van der Waals surface area contributed by atoms with Crippen molar-refractivity contribution >= 4 is 28.7 Å². The molecule has 0 saturated heterocycles. The lowest BCUT2D eigenvalue weighted by Gasteiger charge is -2.13. The van der Waals surface area contributed by atoms with E-state index in [4.69, 9.17) is 17.0 Å². The molecule has 150 valence electrons. The zero-order valence-electron chi connectivity index (χ0n) is 15.1. The third kappa shape index (κ3) is 7.00. The highest BCUT2D eigenvalue weighted by Gasteiger charge is 2.30. The van der Waals surface area contributed by atoms with E-state index in [0.717, 1.165) is 17.0 Å². The van der Waals surface area contributed by atoms with Gasteiger partial charge in [0.05, 0.1) is 0 Å². The maximum absolute atomic E-state index is 12.2. The van der Waals surface area contributed by atoms with Crippen molar-refractivity contribution < 1.29 is 22.6 Å².